The van der Waals surface area contributed by atoms with Crippen molar-refractivity contribution in [1.82, 2.24) is 0 Å². The quantitative estimate of drug-likeness (QED) is 0.434. The van der Waals surface area contributed by atoms with Crippen LogP contribution in [0.1, 0.15) is 13.8 Å². The first-order chi connectivity index (χ1) is 6.12. The second kappa shape index (κ2) is 3.61. The number of aliphatic imine (C=N–C) groups is 2. The number of dihydropyridines is 1. The van der Waals surface area contributed by atoms with Crippen molar-refractivity contribution in [3.05, 3.63) is 12.2 Å². The fourth-order valence-corrected chi connectivity index (χ4v) is 1.10. The topological polar surface area (TPSA) is 48.5 Å². The minimum absolute atomic E-state index is 0.0930. The molecule has 0 fully saturated rings. The molecule has 3 nitrogen and oxygen atoms in total. The first kappa shape index (κ1) is 9.79. The standard InChI is InChI=1S/C9H9N3S/c1-7-9(2,5-10)4-3-8(12-7)11-6-13/h3-4,7H,1-2H3. The summed E-state index contributed by atoms with van der Waals surface area (Å²) in [5, 5.41) is 11.1. The summed E-state index contributed by atoms with van der Waals surface area (Å²) in [5.74, 6) is 0.537. The third-order valence-electron chi connectivity index (χ3n) is 2.17. The molecule has 0 aromatic heterocycles. The SMILES string of the molecule is CC1N=C(N=C=S)C=CC1(C)C#N. The maximum atomic E-state index is 8.90. The zero-order valence-electron chi connectivity index (χ0n) is 7.48. The molecule has 13 heavy (non-hydrogen) atoms. The summed E-state index contributed by atoms with van der Waals surface area (Å²) in [7, 11) is 0. The van der Waals surface area contributed by atoms with Gasteiger partial charge in [-0.25, -0.2) is 0 Å². The Morgan fingerprint density at radius 1 is 1.77 bits per heavy atom. The van der Waals surface area contributed by atoms with Crippen LogP contribution >= 0.6 is 12.2 Å². The summed E-state index contributed by atoms with van der Waals surface area (Å²) in [6.07, 6.45) is 3.50. The molecule has 4 heteroatoms. The Kier molecular flexibility index (Phi) is 2.72. The highest BCUT2D eigenvalue weighted by Crippen LogP contribution is 2.27. The minimum atomic E-state index is -0.527. The molecular formula is C9H9N3S. The van der Waals surface area contributed by atoms with Crippen molar-refractivity contribution in [3.63, 3.8) is 0 Å². The van der Waals surface area contributed by atoms with Crippen LogP contribution in [0.25, 0.3) is 0 Å². The lowest BCUT2D eigenvalue weighted by atomic mass is 9.83. The largest absolute Gasteiger partial charge is 0.261 e. The maximum absolute atomic E-state index is 8.90. The number of amidine groups is 1. The number of thiocarbonyl (C=S) groups is 1. The Hall–Kier alpha value is -1.30. The number of hydrogen-bond acceptors (Lipinski definition) is 4. The van der Waals surface area contributed by atoms with Crippen LogP contribution in [-0.2, 0) is 0 Å². The molecule has 2 unspecified atom stereocenters. The van der Waals surface area contributed by atoms with Gasteiger partial charge in [-0.05, 0) is 32.1 Å². The molecule has 0 saturated heterocycles. The second-order valence-corrected chi connectivity index (χ2v) is 3.28. The first-order valence-electron chi connectivity index (χ1n) is 3.88. The molecule has 66 valence electrons. The van der Waals surface area contributed by atoms with E-state index in [1.54, 1.807) is 12.2 Å². The van der Waals surface area contributed by atoms with Gasteiger partial charge in [0.05, 0.1) is 22.7 Å². The van der Waals surface area contributed by atoms with E-state index in [4.69, 9.17) is 5.26 Å². The van der Waals surface area contributed by atoms with Gasteiger partial charge in [0, 0.05) is 0 Å². The molecule has 0 aromatic carbocycles. The van der Waals surface area contributed by atoms with Gasteiger partial charge in [-0.2, -0.15) is 10.3 Å². The average Bonchev–Trinajstić information content (AvgIpc) is 2.12. The normalized spacial score (nSPS) is 31.5. The molecule has 0 amide bonds. The van der Waals surface area contributed by atoms with E-state index in [0.717, 1.165) is 0 Å². The van der Waals surface area contributed by atoms with E-state index >= 15 is 0 Å². The highest BCUT2D eigenvalue weighted by molar-refractivity contribution is 7.78. The molecule has 1 rings (SSSR count). The summed E-state index contributed by atoms with van der Waals surface area (Å²) in [5.41, 5.74) is -0.527. The Balaban J connectivity index is 2.99. The van der Waals surface area contributed by atoms with Crippen molar-refractivity contribution in [2.75, 3.05) is 0 Å². The number of nitriles is 1. The molecule has 1 aliphatic heterocycles. The number of isothiocyanates is 1. The summed E-state index contributed by atoms with van der Waals surface area (Å²) >= 11 is 4.46. The second-order valence-electron chi connectivity index (χ2n) is 3.09. The van der Waals surface area contributed by atoms with Gasteiger partial charge in [-0.1, -0.05) is 6.08 Å². The van der Waals surface area contributed by atoms with Crippen LogP contribution in [0.5, 0.6) is 0 Å². The van der Waals surface area contributed by atoms with Crippen LogP contribution in [0, 0.1) is 16.7 Å². The summed E-state index contributed by atoms with van der Waals surface area (Å²) in [6.45, 7) is 3.72. The van der Waals surface area contributed by atoms with Crippen molar-refractivity contribution < 1.29 is 0 Å². The lowest BCUT2D eigenvalue weighted by molar-refractivity contribution is 0.460. The molecule has 0 aliphatic carbocycles. The smallest absolute Gasteiger partial charge is 0.158 e. The third kappa shape index (κ3) is 1.89. The Morgan fingerprint density at radius 3 is 2.92 bits per heavy atom. The Bertz CT molecular complexity index is 358. The van der Waals surface area contributed by atoms with Crippen LogP contribution in [0.4, 0.5) is 0 Å². The van der Waals surface area contributed by atoms with Gasteiger partial charge in [0.1, 0.15) is 0 Å². The van der Waals surface area contributed by atoms with E-state index in [9.17, 15) is 0 Å². The number of rotatable bonds is 0. The van der Waals surface area contributed by atoms with Crippen molar-refractivity contribution in [1.29, 1.82) is 5.26 Å². The monoisotopic (exact) mass is 191 g/mol. The van der Waals surface area contributed by atoms with E-state index in [2.05, 4.69) is 33.4 Å². The highest BCUT2D eigenvalue weighted by Gasteiger charge is 2.30. The number of nitrogens with zero attached hydrogens (tertiary/aromatic N) is 3. The molecular weight excluding hydrogens is 182 g/mol. The molecule has 0 saturated carbocycles. The van der Waals surface area contributed by atoms with Gasteiger partial charge < -0.3 is 0 Å². The highest BCUT2D eigenvalue weighted by atomic mass is 32.1. The fourth-order valence-electron chi connectivity index (χ4n) is 1.01. The van der Waals surface area contributed by atoms with Gasteiger partial charge in [-0.15, -0.1) is 0 Å². The zero-order chi connectivity index (χ0) is 9.90. The van der Waals surface area contributed by atoms with Crippen LogP contribution in [0.3, 0.4) is 0 Å². The molecule has 0 N–H and O–H groups in total. The van der Waals surface area contributed by atoms with Gasteiger partial charge in [0.15, 0.2) is 5.84 Å². The summed E-state index contributed by atoms with van der Waals surface area (Å²) < 4.78 is 0. The third-order valence-corrected chi connectivity index (χ3v) is 2.26. The predicted molar refractivity (Wildman–Crippen MR) is 54.8 cm³/mol. The van der Waals surface area contributed by atoms with Crippen molar-refractivity contribution in [2.24, 2.45) is 15.4 Å². The van der Waals surface area contributed by atoms with Crippen molar-refractivity contribution in [2.45, 2.75) is 19.9 Å². The average molecular weight is 191 g/mol. The number of hydrogen-bond donors (Lipinski definition) is 0. The maximum Gasteiger partial charge on any atom is 0.158 e. The van der Waals surface area contributed by atoms with Gasteiger partial charge >= 0.3 is 0 Å². The van der Waals surface area contributed by atoms with Gasteiger partial charge in [0.2, 0.25) is 0 Å². The van der Waals surface area contributed by atoms with E-state index < -0.39 is 5.41 Å². The molecule has 2 atom stereocenters. The van der Waals surface area contributed by atoms with Gasteiger partial charge in [0.25, 0.3) is 0 Å². The predicted octanol–water partition coefficient (Wildman–Crippen LogP) is 1.98. The van der Waals surface area contributed by atoms with Crippen molar-refractivity contribution in [3.8, 4) is 6.07 Å². The van der Waals surface area contributed by atoms with Crippen LogP contribution < -0.4 is 0 Å². The molecule has 0 aromatic rings. The van der Waals surface area contributed by atoms with Crippen LogP contribution in [0.15, 0.2) is 22.1 Å². The lowest BCUT2D eigenvalue weighted by Gasteiger charge is -2.24. The Labute approximate surface area is 82.5 Å². The van der Waals surface area contributed by atoms with Gasteiger partial charge in [-0.3, -0.25) is 4.99 Å². The van der Waals surface area contributed by atoms with Crippen LogP contribution in [-0.4, -0.2) is 17.0 Å². The molecule has 1 aliphatic rings. The lowest BCUT2D eigenvalue weighted by Crippen LogP contribution is -2.28. The zero-order valence-corrected chi connectivity index (χ0v) is 8.30. The summed E-state index contributed by atoms with van der Waals surface area (Å²) in [6, 6.07) is 2.12. The van der Waals surface area contributed by atoms with E-state index in [0.29, 0.717) is 5.84 Å². The summed E-state index contributed by atoms with van der Waals surface area (Å²) in [4.78, 5) is 7.96. The van der Waals surface area contributed by atoms with E-state index in [1.165, 1.54) is 0 Å². The van der Waals surface area contributed by atoms with E-state index in [-0.39, 0.29) is 6.04 Å². The molecule has 1 heterocycles. The van der Waals surface area contributed by atoms with Crippen LogP contribution in [0.2, 0.25) is 0 Å². The molecule has 0 bridgehead atoms. The molecule has 0 radical (unpaired) electrons. The molecule has 0 spiro atoms. The van der Waals surface area contributed by atoms with Crippen molar-refractivity contribution >= 4 is 23.2 Å². The fraction of sp³-hybridized carbons (Fsp3) is 0.444. The first-order valence-corrected chi connectivity index (χ1v) is 4.29. The Morgan fingerprint density at radius 2 is 2.46 bits per heavy atom. The minimum Gasteiger partial charge on any atom is -0.261 e. The van der Waals surface area contributed by atoms with E-state index in [1.807, 2.05) is 13.8 Å².